The lowest BCUT2D eigenvalue weighted by Gasteiger charge is -2.23. The molecule has 2 bridgehead atoms. The van der Waals surface area contributed by atoms with Crippen molar-refractivity contribution in [2.45, 2.75) is 46.1 Å². The average molecular weight is 343 g/mol. The quantitative estimate of drug-likeness (QED) is 0.829. The second kappa shape index (κ2) is 7.89. The van der Waals surface area contributed by atoms with Crippen molar-refractivity contribution in [3.05, 3.63) is 29.8 Å². The van der Waals surface area contributed by atoms with Crippen LogP contribution >= 0.6 is 0 Å². The minimum atomic E-state index is -0.152. The number of anilines is 1. The van der Waals surface area contributed by atoms with Gasteiger partial charge in [0, 0.05) is 32.2 Å². The van der Waals surface area contributed by atoms with Gasteiger partial charge < -0.3 is 15.5 Å². The molecular weight excluding hydrogens is 314 g/mol. The molecule has 3 amide bonds. The lowest BCUT2D eigenvalue weighted by atomic mass is 9.89. The molecule has 2 N–H and O–H groups in total. The van der Waals surface area contributed by atoms with Gasteiger partial charge in [-0.3, -0.25) is 4.79 Å². The van der Waals surface area contributed by atoms with Crippen LogP contribution in [0.1, 0.15) is 45.1 Å². The molecule has 0 saturated heterocycles. The van der Waals surface area contributed by atoms with E-state index in [1.807, 2.05) is 31.2 Å². The van der Waals surface area contributed by atoms with Crippen molar-refractivity contribution in [2.24, 2.45) is 17.8 Å². The van der Waals surface area contributed by atoms with Crippen LogP contribution in [0, 0.1) is 17.8 Å². The Morgan fingerprint density at radius 3 is 2.64 bits per heavy atom. The van der Waals surface area contributed by atoms with E-state index in [4.69, 9.17) is 0 Å². The Labute approximate surface area is 150 Å². The number of carbonyl (C=O) groups excluding carboxylic acids is 2. The zero-order chi connectivity index (χ0) is 17.8. The Bertz CT molecular complexity index is 631. The monoisotopic (exact) mass is 343 g/mol. The lowest BCUT2D eigenvalue weighted by molar-refractivity contribution is -0.129. The van der Waals surface area contributed by atoms with Crippen LogP contribution in [0.2, 0.25) is 0 Å². The fraction of sp³-hybridized carbons (Fsp3) is 0.600. The van der Waals surface area contributed by atoms with Crippen LogP contribution in [0.3, 0.4) is 0 Å². The molecule has 3 rings (SSSR count). The Kier molecular flexibility index (Phi) is 5.61. The smallest absolute Gasteiger partial charge is 0.319 e. The predicted octanol–water partition coefficient (Wildman–Crippen LogP) is 3.61. The van der Waals surface area contributed by atoms with Gasteiger partial charge in [0.05, 0.1) is 0 Å². The number of para-hydroxylation sites is 1. The highest BCUT2D eigenvalue weighted by Gasteiger charge is 2.39. The molecule has 25 heavy (non-hydrogen) atoms. The molecule has 0 spiro atoms. The van der Waals surface area contributed by atoms with Gasteiger partial charge in [0.2, 0.25) is 5.91 Å². The molecule has 0 aliphatic heterocycles. The SMILES string of the molecule is CCN(Cc1ccccc1NC(=O)NC[C@H]1C[C@H]2CC[C@H]1C2)C(C)=O. The van der Waals surface area contributed by atoms with E-state index < -0.39 is 0 Å². The number of amides is 3. The zero-order valence-electron chi connectivity index (χ0n) is 15.3. The Morgan fingerprint density at radius 1 is 1.20 bits per heavy atom. The summed E-state index contributed by atoms with van der Waals surface area (Å²) in [6, 6.07) is 7.53. The first-order valence-electron chi connectivity index (χ1n) is 9.45. The van der Waals surface area contributed by atoms with E-state index in [2.05, 4.69) is 10.6 Å². The molecule has 0 unspecified atom stereocenters. The molecule has 0 heterocycles. The Morgan fingerprint density at radius 2 is 2.00 bits per heavy atom. The highest BCUT2D eigenvalue weighted by molar-refractivity contribution is 5.90. The van der Waals surface area contributed by atoms with Crippen LogP contribution in [0.15, 0.2) is 24.3 Å². The molecule has 5 heteroatoms. The van der Waals surface area contributed by atoms with Crippen molar-refractivity contribution in [2.75, 3.05) is 18.4 Å². The maximum absolute atomic E-state index is 12.3. The number of nitrogens with one attached hydrogen (secondary N) is 2. The molecule has 2 aliphatic carbocycles. The van der Waals surface area contributed by atoms with Crippen LogP contribution in [-0.4, -0.2) is 29.9 Å². The summed E-state index contributed by atoms with van der Waals surface area (Å²) in [4.78, 5) is 25.7. The number of nitrogens with zero attached hydrogens (tertiary/aromatic N) is 1. The first-order valence-corrected chi connectivity index (χ1v) is 9.45. The number of rotatable bonds is 6. The second-order valence-electron chi connectivity index (χ2n) is 7.46. The summed E-state index contributed by atoms with van der Waals surface area (Å²) in [6.45, 7) is 5.46. The van der Waals surface area contributed by atoms with E-state index in [-0.39, 0.29) is 11.9 Å². The summed E-state index contributed by atoms with van der Waals surface area (Å²) in [5, 5.41) is 6.00. The number of hydrogen-bond acceptors (Lipinski definition) is 2. The van der Waals surface area contributed by atoms with Crippen molar-refractivity contribution in [3.63, 3.8) is 0 Å². The maximum Gasteiger partial charge on any atom is 0.319 e. The van der Waals surface area contributed by atoms with Crippen molar-refractivity contribution in [3.8, 4) is 0 Å². The van der Waals surface area contributed by atoms with E-state index in [1.54, 1.807) is 11.8 Å². The van der Waals surface area contributed by atoms with Gasteiger partial charge in [-0.05, 0) is 55.6 Å². The lowest BCUT2D eigenvalue weighted by Crippen LogP contribution is -2.35. The largest absolute Gasteiger partial charge is 0.339 e. The van der Waals surface area contributed by atoms with Crippen molar-refractivity contribution >= 4 is 17.6 Å². The summed E-state index contributed by atoms with van der Waals surface area (Å²) >= 11 is 0. The topological polar surface area (TPSA) is 61.4 Å². The average Bonchev–Trinajstić information content (AvgIpc) is 3.22. The molecule has 0 radical (unpaired) electrons. The molecule has 1 aromatic carbocycles. The van der Waals surface area contributed by atoms with Gasteiger partial charge in [0.1, 0.15) is 0 Å². The maximum atomic E-state index is 12.3. The number of carbonyl (C=O) groups is 2. The van der Waals surface area contributed by atoms with Crippen LogP contribution in [0.5, 0.6) is 0 Å². The highest BCUT2D eigenvalue weighted by atomic mass is 16.2. The van der Waals surface area contributed by atoms with Gasteiger partial charge in [0.15, 0.2) is 0 Å². The normalized spacial score (nSPS) is 24.2. The van der Waals surface area contributed by atoms with E-state index in [0.29, 0.717) is 19.0 Å². The van der Waals surface area contributed by atoms with Gasteiger partial charge in [-0.1, -0.05) is 24.6 Å². The Hall–Kier alpha value is -2.04. The fourth-order valence-corrected chi connectivity index (χ4v) is 4.45. The predicted molar refractivity (Wildman–Crippen MR) is 99.2 cm³/mol. The van der Waals surface area contributed by atoms with E-state index in [0.717, 1.165) is 29.6 Å². The van der Waals surface area contributed by atoms with Crippen LogP contribution in [0.4, 0.5) is 10.5 Å². The molecule has 5 nitrogen and oxygen atoms in total. The summed E-state index contributed by atoms with van der Waals surface area (Å²) in [7, 11) is 0. The highest BCUT2D eigenvalue weighted by Crippen LogP contribution is 2.47. The van der Waals surface area contributed by atoms with Crippen LogP contribution in [0.25, 0.3) is 0 Å². The van der Waals surface area contributed by atoms with Gasteiger partial charge in [0.25, 0.3) is 0 Å². The first-order chi connectivity index (χ1) is 12.1. The number of urea groups is 1. The van der Waals surface area contributed by atoms with Crippen molar-refractivity contribution in [1.82, 2.24) is 10.2 Å². The Balaban J connectivity index is 1.55. The van der Waals surface area contributed by atoms with E-state index >= 15 is 0 Å². The molecular formula is C20H29N3O2. The molecule has 2 fully saturated rings. The third-order valence-electron chi connectivity index (χ3n) is 5.86. The van der Waals surface area contributed by atoms with Gasteiger partial charge in [-0.15, -0.1) is 0 Å². The minimum absolute atomic E-state index is 0.0399. The summed E-state index contributed by atoms with van der Waals surface area (Å²) in [6.07, 6.45) is 5.34. The number of fused-ring (bicyclic) bond motifs is 2. The number of benzene rings is 1. The molecule has 136 valence electrons. The van der Waals surface area contributed by atoms with E-state index in [9.17, 15) is 9.59 Å². The number of hydrogen-bond donors (Lipinski definition) is 2. The third-order valence-corrected chi connectivity index (χ3v) is 5.86. The van der Waals surface area contributed by atoms with Gasteiger partial charge in [-0.2, -0.15) is 0 Å². The molecule has 0 aromatic heterocycles. The van der Waals surface area contributed by atoms with Crippen LogP contribution in [-0.2, 0) is 11.3 Å². The van der Waals surface area contributed by atoms with Crippen LogP contribution < -0.4 is 10.6 Å². The zero-order valence-corrected chi connectivity index (χ0v) is 15.3. The minimum Gasteiger partial charge on any atom is -0.339 e. The van der Waals surface area contributed by atoms with Gasteiger partial charge >= 0.3 is 6.03 Å². The third kappa shape index (κ3) is 4.33. The molecule has 1 aromatic rings. The molecule has 2 aliphatic rings. The second-order valence-corrected chi connectivity index (χ2v) is 7.46. The fourth-order valence-electron chi connectivity index (χ4n) is 4.45. The standard InChI is InChI=1S/C20H29N3O2/c1-3-23(14(2)24)13-17-6-4-5-7-19(17)22-20(25)21-12-18-11-15-8-9-16(18)10-15/h4-7,15-16,18H,3,8-13H2,1-2H3,(H2,21,22,25)/t15-,16-,18+/m0/s1. The first kappa shape index (κ1) is 17.8. The van der Waals surface area contributed by atoms with E-state index in [1.165, 1.54) is 25.7 Å². The van der Waals surface area contributed by atoms with Gasteiger partial charge in [-0.25, -0.2) is 4.79 Å². The summed E-state index contributed by atoms with van der Waals surface area (Å²) in [5.41, 5.74) is 1.72. The van der Waals surface area contributed by atoms with Crippen molar-refractivity contribution < 1.29 is 9.59 Å². The summed E-state index contributed by atoms with van der Waals surface area (Å²) < 4.78 is 0. The molecule has 2 saturated carbocycles. The summed E-state index contributed by atoms with van der Waals surface area (Å²) in [5.74, 6) is 2.39. The molecule has 3 atom stereocenters. The van der Waals surface area contributed by atoms with Crippen molar-refractivity contribution in [1.29, 1.82) is 0 Å².